The van der Waals surface area contributed by atoms with Crippen molar-refractivity contribution in [2.45, 2.75) is 0 Å². The Hall–Kier alpha value is -1.32. The van der Waals surface area contributed by atoms with Crippen LogP contribution in [-0.2, 0) is 4.57 Å². The van der Waals surface area contributed by atoms with Crippen molar-refractivity contribution >= 4 is 8.25 Å². The van der Waals surface area contributed by atoms with Crippen LogP contribution in [0.3, 0.4) is 0 Å². The monoisotopic (exact) mass is 189 g/mol. The smallest absolute Gasteiger partial charge is 0.426 e. The van der Waals surface area contributed by atoms with Gasteiger partial charge in [-0.25, -0.2) is 4.57 Å². The first-order valence-electron chi connectivity index (χ1n) is 2.95. The Morgan fingerprint density at radius 2 is 1.67 bits per heavy atom. The van der Waals surface area contributed by atoms with E-state index in [1.165, 1.54) is 0 Å². The number of benzene rings is 1. The van der Waals surface area contributed by atoms with Gasteiger partial charge in [0.2, 0.25) is 0 Å². The predicted molar refractivity (Wildman–Crippen MR) is 40.2 cm³/mol. The van der Waals surface area contributed by atoms with Crippen LogP contribution in [0.2, 0.25) is 0 Å². The molecule has 0 spiro atoms. The van der Waals surface area contributed by atoms with Crippen LogP contribution >= 0.6 is 8.25 Å². The molecule has 0 aliphatic heterocycles. The standard InChI is InChI=1S/C6H6O5P/c7-4-1-5(8)3-6(2-4)11-12(9)10/h1-3,7-8H,(H,9,10). The van der Waals surface area contributed by atoms with Crippen LogP contribution < -0.4 is 4.52 Å². The molecule has 1 aromatic rings. The largest absolute Gasteiger partial charge is 0.508 e. The van der Waals surface area contributed by atoms with Gasteiger partial charge < -0.3 is 14.7 Å². The van der Waals surface area contributed by atoms with Crippen LogP contribution in [0, 0.1) is 0 Å². The first-order valence-corrected chi connectivity index (χ1v) is 4.08. The van der Waals surface area contributed by atoms with Crippen LogP contribution in [0.4, 0.5) is 0 Å². The van der Waals surface area contributed by atoms with Crippen LogP contribution in [0.25, 0.3) is 0 Å². The number of aromatic hydroxyl groups is 2. The lowest BCUT2D eigenvalue weighted by Gasteiger charge is -2.00. The lowest BCUT2D eigenvalue weighted by Crippen LogP contribution is -1.79. The van der Waals surface area contributed by atoms with Crippen LogP contribution in [-0.4, -0.2) is 15.1 Å². The Labute approximate surface area is 68.8 Å². The molecule has 1 unspecified atom stereocenters. The van der Waals surface area contributed by atoms with E-state index in [2.05, 4.69) is 4.52 Å². The van der Waals surface area contributed by atoms with Crippen molar-refractivity contribution < 1.29 is 24.2 Å². The highest BCUT2D eigenvalue weighted by Crippen LogP contribution is 2.30. The quantitative estimate of drug-likeness (QED) is 0.607. The molecule has 0 amide bonds. The first-order chi connectivity index (χ1) is 5.58. The molecule has 3 N–H and O–H groups in total. The fourth-order valence-corrected chi connectivity index (χ4v) is 0.997. The number of phenols is 2. The molecule has 1 rings (SSSR count). The molecule has 65 valence electrons. The molecule has 12 heavy (non-hydrogen) atoms. The van der Waals surface area contributed by atoms with Gasteiger partial charge in [-0.1, -0.05) is 0 Å². The van der Waals surface area contributed by atoms with E-state index >= 15 is 0 Å². The summed E-state index contributed by atoms with van der Waals surface area (Å²) in [6.07, 6.45) is 0. The van der Waals surface area contributed by atoms with Crippen LogP contribution in [0.1, 0.15) is 0 Å². The average Bonchev–Trinajstić information content (AvgIpc) is 1.81. The number of hydrogen-bond acceptors (Lipinski definition) is 4. The zero-order chi connectivity index (χ0) is 9.14. The zero-order valence-corrected chi connectivity index (χ0v) is 6.73. The summed E-state index contributed by atoms with van der Waals surface area (Å²) in [5, 5.41) is 17.8. The summed E-state index contributed by atoms with van der Waals surface area (Å²) in [4.78, 5) is 8.31. The highest BCUT2D eigenvalue weighted by molar-refractivity contribution is 7.32. The molecule has 0 bridgehead atoms. The maximum absolute atomic E-state index is 10.2. The lowest BCUT2D eigenvalue weighted by molar-refractivity contribution is 0.404. The molecule has 0 aliphatic rings. The highest BCUT2D eigenvalue weighted by atomic mass is 31.1. The third-order valence-electron chi connectivity index (χ3n) is 1.06. The van der Waals surface area contributed by atoms with Crippen molar-refractivity contribution in [1.82, 2.24) is 0 Å². The number of phenolic OH excluding ortho intramolecular Hbond substituents is 2. The van der Waals surface area contributed by atoms with Gasteiger partial charge >= 0.3 is 8.25 Å². The van der Waals surface area contributed by atoms with E-state index in [0.717, 1.165) is 18.2 Å². The molecule has 0 saturated heterocycles. The van der Waals surface area contributed by atoms with Crippen molar-refractivity contribution in [2.75, 3.05) is 0 Å². The molecule has 1 atom stereocenters. The van der Waals surface area contributed by atoms with Crippen molar-refractivity contribution in [3.63, 3.8) is 0 Å². The zero-order valence-electron chi connectivity index (χ0n) is 5.84. The van der Waals surface area contributed by atoms with E-state index in [1.807, 2.05) is 0 Å². The van der Waals surface area contributed by atoms with Gasteiger partial charge in [0.1, 0.15) is 17.2 Å². The fourth-order valence-electron chi connectivity index (χ4n) is 0.711. The van der Waals surface area contributed by atoms with Crippen molar-refractivity contribution in [3.05, 3.63) is 18.2 Å². The summed E-state index contributed by atoms with van der Waals surface area (Å²) in [6, 6.07) is 3.31. The second-order valence-corrected chi connectivity index (χ2v) is 2.67. The maximum Gasteiger partial charge on any atom is 0.426 e. The van der Waals surface area contributed by atoms with E-state index in [4.69, 9.17) is 15.1 Å². The van der Waals surface area contributed by atoms with E-state index in [0.29, 0.717) is 0 Å². The second-order valence-electron chi connectivity index (χ2n) is 2.01. The van der Waals surface area contributed by atoms with Gasteiger partial charge in [0.15, 0.2) is 0 Å². The summed E-state index contributed by atoms with van der Waals surface area (Å²) in [5.41, 5.74) is 0. The van der Waals surface area contributed by atoms with Gasteiger partial charge in [0.25, 0.3) is 0 Å². The molecule has 0 heterocycles. The van der Waals surface area contributed by atoms with Crippen LogP contribution in [0.15, 0.2) is 18.2 Å². The number of rotatable bonds is 2. The van der Waals surface area contributed by atoms with Crippen molar-refractivity contribution in [3.8, 4) is 17.2 Å². The molecule has 0 fully saturated rings. The van der Waals surface area contributed by atoms with Crippen molar-refractivity contribution in [2.24, 2.45) is 0 Å². The Morgan fingerprint density at radius 3 is 2.08 bits per heavy atom. The Kier molecular flexibility index (Phi) is 2.47. The summed E-state index contributed by atoms with van der Waals surface area (Å²) in [5.74, 6) is -0.528. The van der Waals surface area contributed by atoms with Gasteiger partial charge in [-0.15, -0.1) is 0 Å². The summed E-state index contributed by atoms with van der Waals surface area (Å²) in [6.45, 7) is 0. The van der Waals surface area contributed by atoms with Crippen LogP contribution in [0.5, 0.6) is 17.2 Å². The van der Waals surface area contributed by atoms with Gasteiger partial charge in [0.05, 0.1) is 0 Å². The predicted octanol–water partition coefficient (Wildman–Crippen LogP) is 1.13. The Bertz CT molecular complexity index is 291. The van der Waals surface area contributed by atoms with E-state index in [9.17, 15) is 4.57 Å². The van der Waals surface area contributed by atoms with Gasteiger partial charge in [-0.3, -0.25) is 4.89 Å². The first kappa shape index (κ1) is 8.77. The van der Waals surface area contributed by atoms with Gasteiger partial charge in [-0.05, 0) is 0 Å². The minimum absolute atomic E-state index is 0.0592. The molecule has 0 aliphatic carbocycles. The molecular weight excluding hydrogens is 183 g/mol. The molecule has 0 aromatic heterocycles. The Morgan fingerprint density at radius 1 is 1.17 bits per heavy atom. The molecule has 6 heteroatoms. The van der Waals surface area contributed by atoms with Crippen molar-refractivity contribution in [1.29, 1.82) is 0 Å². The minimum atomic E-state index is -2.77. The molecular formula is C6H6O5P. The molecule has 1 radical (unpaired) electrons. The third kappa shape index (κ3) is 2.38. The Balaban J connectivity index is 2.93. The third-order valence-corrected chi connectivity index (χ3v) is 1.43. The average molecular weight is 189 g/mol. The summed E-state index contributed by atoms with van der Waals surface area (Å²) < 4.78 is 14.5. The minimum Gasteiger partial charge on any atom is -0.508 e. The SMILES string of the molecule is O=[P](O)Oc1cc(O)cc(O)c1. The van der Waals surface area contributed by atoms with Gasteiger partial charge in [-0.2, -0.15) is 0 Å². The van der Waals surface area contributed by atoms with E-state index in [-0.39, 0.29) is 17.2 Å². The molecule has 5 nitrogen and oxygen atoms in total. The van der Waals surface area contributed by atoms with E-state index in [1.54, 1.807) is 0 Å². The van der Waals surface area contributed by atoms with E-state index < -0.39 is 8.25 Å². The highest BCUT2D eigenvalue weighted by Gasteiger charge is 2.02. The summed E-state index contributed by atoms with van der Waals surface area (Å²) >= 11 is 0. The molecule has 0 saturated carbocycles. The fraction of sp³-hybridized carbons (Fsp3) is 0. The lowest BCUT2D eigenvalue weighted by atomic mass is 10.3. The van der Waals surface area contributed by atoms with Gasteiger partial charge in [0, 0.05) is 18.2 Å². The molecule has 1 aromatic carbocycles. The second kappa shape index (κ2) is 3.38. The summed E-state index contributed by atoms with van der Waals surface area (Å²) in [7, 11) is -2.77. The number of hydrogen-bond donors (Lipinski definition) is 3. The maximum atomic E-state index is 10.2. The topological polar surface area (TPSA) is 87.0 Å². The normalized spacial score (nSPS) is 10.9.